The SMILES string of the molecule is CCc1ccc(C(C)N[C@@H](C)C2CCCCC2)cc1. The summed E-state index contributed by atoms with van der Waals surface area (Å²) in [6, 6.07) is 10.2. The summed E-state index contributed by atoms with van der Waals surface area (Å²) in [5, 5.41) is 3.80. The second-order valence-corrected chi connectivity index (χ2v) is 6.17. The Kier molecular flexibility index (Phi) is 5.45. The summed E-state index contributed by atoms with van der Waals surface area (Å²) in [5.74, 6) is 0.881. The number of hydrogen-bond acceptors (Lipinski definition) is 1. The first kappa shape index (κ1) is 14.6. The number of nitrogens with one attached hydrogen (secondary N) is 1. The van der Waals surface area contributed by atoms with E-state index < -0.39 is 0 Å². The fourth-order valence-electron chi connectivity index (χ4n) is 3.30. The van der Waals surface area contributed by atoms with Crippen molar-refractivity contribution >= 4 is 0 Å². The molecular formula is C18H29N. The lowest BCUT2D eigenvalue weighted by molar-refractivity contribution is 0.268. The molecule has 1 N–H and O–H groups in total. The van der Waals surface area contributed by atoms with Gasteiger partial charge in [-0.1, -0.05) is 50.5 Å². The molecule has 0 spiro atoms. The van der Waals surface area contributed by atoms with Crippen molar-refractivity contribution in [3.8, 4) is 0 Å². The molecule has 0 bridgehead atoms. The third-order valence-corrected chi connectivity index (χ3v) is 4.76. The molecule has 2 rings (SSSR count). The number of aryl methyl sites for hydroxylation is 1. The highest BCUT2D eigenvalue weighted by Crippen LogP contribution is 2.27. The molecule has 0 aromatic heterocycles. The van der Waals surface area contributed by atoms with Gasteiger partial charge < -0.3 is 5.32 Å². The molecule has 1 heteroatoms. The maximum Gasteiger partial charge on any atom is 0.0294 e. The molecule has 106 valence electrons. The second-order valence-electron chi connectivity index (χ2n) is 6.17. The van der Waals surface area contributed by atoms with Gasteiger partial charge in [-0.2, -0.15) is 0 Å². The van der Waals surface area contributed by atoms with Gasteiger partial charge in [0.15, 0.2) is 0 Å². The average Bonchev–Trinajstić information content (AvgIpc) is 2.48. The van der Waals surface area contributed by atoms with Crippen molar-refractivity contribution in [3.63, 3.8) is 0 Å². The van der Waals surface area contributed by atoms with Crippen LogP contribution in [0.5, 0.6) is 0 Å². The third-order valence-electron chi connectivity index (χ3n) is 4.76. The summed E-state index contributed by atoms with van der Waals surface area (Å²) in [6.07, 6.45) is 8.25. The van der Waals surface area contributed by atoms with Crippen LogP contribution in [0, 0.1) is 5.92 Å². The van der Waals surface area contributed by atoms with Crippen LogP contribution in [0.25, 0.3) is 0 Å². The minimum atomic E-state index is 0.461. The Bertz CT molecular complexity index is 362. The zero-order valence-corrected chi connectivity index (χ0v) is 12.8. The summed E-state index contributed by atoms with van der Waals surface area (Å²) in [7, 11) is 0. The van der Waals surface area contributed by atoms with Crippen LogP contribution in [0.1, 0.15) is 70.0 Å². The Balaban J connectivity index is 1.89. The van der Waals surface area contributed by atoms with E-state index in [1.807, 2.05) is 0 Å². The summed E-state index contributed by atoms with van der Waals surface area (Å²) in [5.41, 5.74) is 2.84. The lowest BCUT2D eigenvalue weighted by Crippen LogP contribution is -2.36. The Morgan fingerprint density at radius 1 is 1.05 bits per heavy atom. The van der Waals surface area contributed by atoms with Gasteiger partial charge in [0, 0.05) is 12.1 Å². The molecule has 0 heterocycles. The number of benzene rings is 1. The zero-order valence-electron chi connectivity index (χ0n) is 12.8. The van der Waals surface area contributed by atoms with Crippen molar-refractivity contribution in [2.45, 2.75) is 71.4 Å². The van der Waals surface area contributed by atoms with Gasteiger partial charge in [-0.25, -0.2) is 0 Å². The van der Waals surface area contributed by atoms with Gasteiger partial charge in [-0.3, -0.25) is 0 Å². The molecule has 0 saturated heterocycles. The molecule has 0 radical (unpaired) electrons. The van der Waals surface area contributed by atoms with Gasteiger partial charge in [0.05, 0.1) is 0 Å². The number of hydrogen-bond donors (Lipinski definition) is 1. The predicted molar refractivity (Wildman–Crippen MR) is 83.4 cm³/mol. The normalized spacial score (nSPS) is 20.2. The summed E-state index contributed by atoms with van der Waals surface area (Å²) in [4.78, 5) is 0. The molecule has 1 aliphatic carbocycles. The first-order valence-corrected chi connectivity index (χ1v) is 8.05. The van der Waals surface area contributed by atoms with Gasteiger partial charge in [-0.05, 0) is 50.2 Å². The lowest BCUT2D eigenvalue weighted by atomic mass is 9.84. The minimum Gasteiger partial charge on any atom is -0.307 e. The van der Waals surface area contributed by atoms with E-state index in [4.69, 9.17) is 0 Å². The summed E-state index contributed by atoms with van der Waals surface area (Å²) >= 11 is 0. The first-order valence-electron chi connectivity index (χ1n) is 8.05. The molecule has 0 amide bonds. The quantitative estimate of drug-likeness (QED) is 0.795. The Morgan fingerprint density at radius 3 is 2.26 bits per heavy atom. The lowest BCUT2D eigenvalue weighted by Gasteiger charge is -2.31. The van der Waals surface area contributed by atoms with Crippen LogP contribution in [0.3, 0.4) is 0 Å². The van der Waals surface area contributed by atoms with Crippen LogP contribution >= 0.6 is 0 Å². The smallest absolute Gasteiger partial charge is 0.0294 e. The summed E-state index contributed by atoms with van der Waals surface area (Å²) in [6.45, 7) is 6.87. The van der Waals surface area contributed by atoms with Crippen molar-refractivity contribution in [1.29, 1.82) is 0 Å². The van der Waals surface area contributed by atoms with Gasteiger partial charge in [0.1, 0.15) is 0 Å². The molecular weight excluding hydrogens is 230 g/mol. The van der Waals surface area contributed by atoms with Crippen LogP contribution in [0.2, 0.25) is 0 Å². The van der Waals surface area contributed by atoms with E-state index in [1.165, 1.54) is 43.2 Å². The van der Waals surface area contributed by atoms with Crippen molar-refractivity contribution in [3.05, 3.63) is 35.4 Å². The van der Waals surface area contributed by atoms with E-state index in [9.17, 15) is 0 Å². The monoisotopic (exact) mass is 259 g/mol. The van der Waals surface area contributed by atoms with E-state index in [2.05, 4.69) is 50.4 Å². The molecule has 1 fully saturated rings. The Labute approximate surface area is 118 Å². The van der Waals surface area contributed by atoms with Crippen molar-refractivity contribution in [2.75, 3.05) is 0 Å². The van der Waals surface area contributed by atoms with Crippen molar-refractivity contribution in [1.82, 2.24) is 5.32 Å². The van der Waals surface area contributed by atoms with E-state index in [-0.39, 0.29) is 0 Å². The van der Waals surface area contributed by atoms with Crippen LogP contribution in [-0.2, 0) is 6.42 Å². The highest BCUT2D eigenvalue weighted by Gasteiger charge is 2.21. The van der Waals surface area contributed by atoms with Crippen LogP contribution in [0.15, 0.2) is 24.3 Å². The second kappa shape index (κ2) is 7.09. The highest BCUT2D eigenvalue weighted by atomic mass is 14.9. The molecule has 1 aromatic rings. The first-order chi connectivity index (χ1) is 9.20. The van der Waals surface area contributed by atoms with Gasteiger partial charge >= 0.3 is 0 Å². The maximum absolute atomic E-state index is 3.80. The summed E-state index contributed by atoms with van der Waals surface area (Å²) < 4.78 is 0. The third kappa shape index (κ3) is 4.07. The Hall–Kier alpha value is -0.820. The van der Waals surface area contributed by atoms with E-state index in [0.717, 1.165) is 12.3 Å². The molecule has 1 aromatic carbocycles. The Morgan fingerprint density at radius 2 is 1.68 bits per heavy atom. The minimum absolute atomic E-state index is 0.461. The largest absolute Gasteiger partial charge is 0.307 e. The molecule has 1 unspecified atom stereocenters. The predicted octanol–water partition coefficient (Wildman–Crippen LogP) is 4.87. The molecule has 2 atom stereocenters. The van der Waals surface area contributed by atoms with E-state index in [0.29, 0.717) is 12.1 Å². The maximum atomic E-state index is 3.80. The topological polar surface area (TPSA) is 12.0 Å². The standard InChI is InChI=1S/C18H29N/c1-4-16-10-12-18(13-11-16)15(3)19-14(2)17-8-6-5-7-9-17/h10-15,17,19H,4-9H2,1-3H3/t14-,15?/m0/s1. The van der Waals surface area contributed by atoms with E-state index >= 15 is 0 Å². The van der Waals surface area contributed by atoms with Crippen molar-refractivity contribution < 1.29 is 0 Å². The van der Waals surface area contributed by atoms with Crippen molar-refractivity contribution in [2.24, 2.45) is 5.92 Å². The molecule has 19 heavy (non-hydrogen) atoms. The van der Waals surface area contributed by atoms with Gasteiger partial charge in [0.25, 0.3) is 0 Å². The molecule has 0 aliphatic heterocycles. The number of rotatable bonds is 5. The molecule has 1 nitrogen and oxygen atoms in total. The van der Waals surface area contributed by atoms with E-state index in [1.54, 1.807) is 0 Å². The van der Waals surface area contributed by atoms with Crippen LogP contribution in [-0.4, -0.2) is 6.04 Å². The molecule has 1 saturated carbocycles. The fourth-order valence-corrected chi connectivity index (χ4v) is 3.30. The van der Waals surface area contributed by atoms with Crippen LogP contribution in [0.4, 0.5) is 0 Å². The van der Waals surface area contributed by atoms with Crippen LogP contribution < -0.4 is 5.32 Å². The van der Waals surface area contributed by atoms with Gasteiger partial charge in [-0.15, -0.1) is 0 Å². The fraction of sp³-hybridized carbons (Fsp3) is 0.667. The highest BCUT2D eigenvalue weighted by molar-refractivity contribution is 5.24. The van der Waals surface area contributed by atoms with Gasteiger partial charge in [0.2, 0.25) is 0 Å². The average molecular weight is 259 g/mol. The zero-order chi connectivity index (χ0) is 13.7. The molecule has 1 aliphatic rings.